The molecule has 0 saturated carbocycles. The largest absolute Gasteiger partial charge is 0.642 e. The standard InChI is InChI=1S/C8H8O2.2CH3.Al/c1-6(9)7-4-2-3-5-8(7)10;;;/h2-5,10H,1H3;2*1H3;/q;;;+1/p-1. The Balaban J connectivity index is 2.98. The van der Waals surface area contributed by atoms with Gasteiger partial charge in [0, 0.05) is 0 Å². The summed E-state index contributed by atoms with van der Waals surface area (Å²) in [6.45, 7) is 1.56. The number of Topliss-reactive ketones (excluding diaryl/α,β-unsaturated/α-hetero) is 1. The molecule has 1 aromatic rings. The van der Waals surface area contributed by atoms with Crippen molar-refractivity contribution in [2.75, 3.05) is 0 Å². The maximum absolute atomic E-state index is 11.2. The zero-order valence-corrected chi connectivity index (χ0v) is 9.36. The highest BCUT2D eigenvalue weighted by atomic mass is 27.2. The van der Waals surface area contributed by atoms with E-state index >= 15 is 0 Å². The van der Waals surface area contributed by atoms with Gasteiger partial charge in [0.1, 0.15) is 0 Å². The predicted octanol–water partition coefficient (Wildman–Crippen LogP) is 2.52. The topological polar surface area (TPSA) is 26.3 Å². The Morgan fingerprint density at radius 2 is 1.92 bits per heavy atom. The van der Waals surface area contributed by atoms with Crippen molar-refractivity contribution in [2.45, 2.75) is 18.5 Å². The molecule has 0 radical (unpaired) electrons. The van der Waals surface area contributed by atoms with Crippen LogP contribution in [0.25, 0.3) is 0 Å². The second-order valence-electron chi connectivity index (χ2n) is 3.22. The van der Waals surface area contributed by atoms with Crippen LogP contribution in [0.5, 0.6) is 5.75 Å². The SMILES string of the molecule is CC(=O)c1ccccc1[O][Al]([CH3])[CH3]. The van der Waals surface area contributed by atoms with E-state index in [1.807, 2.05) is 18.2 Å². The number of hydrogen-bond acceptors (Lipinski definition) is 2. The number of carbonyl (C=O) groups is 1. The van der Waals surface area contributed by atoms with Crippen molar-refractivity contribution < 1.29 is 8.58 Å². The molecule has 0 amide bonds. The summed E-state index contributed by atoms with van der Waals surface area (Å²) in [6, 6.07) is 7.39. The van der Waals surface area contributed by atoms with Crippen molar-refractivity contribution in [1.29, 1.82) is 0 Å². The summed E-state index contributed by atoms with van der Waals surface area (Å²) in [6.07, 6.45) is 0. The van der Waals surface area contributed by atoms with Crippen LogP contribution in [-0.4, -0.2) is 20.3 Å². The van der Waals surface area contributed by atoms with E-state index in [9.17, 15) is 4.79 Å². The van der Waals surface area contributed by atoms with Gasteiger partial charge in [-0.15, -0.1) is 0 Å². The maximum Gasteiger partial charge on any atom is 0.540 e. The van der Waals surface area contributed by atoms with E-state index in [4.69, 9.17) is 3.79 Å². The van der Waals surface area contributed by atoms with Crippen molar-refractivity contribution in [1.82, 2.24) is 0 Å². The molecule has 2 nitrogen and oxygen atoms in total. The van der Waals surface area contributed by atoms with E-state index in [1.54, 1.807) is 13.0 Å². The fourth-order valence-electron chi connectivity index (χ4n) is 1.11. The van der Waals surface area contributed by atoms with Gasteiger partial charge in [-0.2, -0.15) is 0 Å². The van der Waals surface area contributed by atoms with Gasteiger partial charge >= 0.3 is 14.5 Å². The number of carbonyl (C=O) groups excluding carboxylic acids is 1. The van der Waals surface area contributed by atoms with Crippen molar-refractivity contribution >= 4 is 20.3 Å². The van der Waals surface area contributed by atoms with Gasteiger partial charge in [-0.05, 0) is 19.1 Å². The first-order chi connectivity index (χ1) is 6.11. The lowest BCUT2D eigenvalue weighted by Crippen LogP contribution is -2.13. The van der Waals surface area contributed by atoms with E-state index in [-0.39, 0.29) is 5.78 Å². The molecule has 0 aliphatic carbocycles. The summed E-state index contributed by atoms with van der Waals surface area (Å²) in [5.74, 6) is 4.95. The number of benzene rings is 1. The number of hydrogen-bond donors (Lipinski definition) is 0. The van der Waals surface area contributed by atoms with Crippen LogP contribution < -0.4 is 3.79 Å². The van der Waals surface area contributed by atoms with Crippen LogP contribution in [0.15, 0.2) is 24.3 Å². The zero-order valence-electron chi connectivity index (χ0n) is 8.20. The minimum absolute atomic E-state index is 0.0604. The highest BCUT2D eigenvalue weighted by molar-refractivity contribution is 6.49. The van der Waals surface area contributed by atoms with Gasteiger partial charge in [-0.3, -0.25) is 4.79 Å². The molecule has 3 heteroatoms. The van der Waals surface area contributed by atoms with Crippen LogP contribution in [0, 0.1) is 0 Å². The highest BCUT2D eigenvalue weighted by Crippen LogP contribution is 2.18. The smallest absolute Gasteiger partial charge is 0.540 e. The Morgan fingerprint density at radius 3 is 2.46 bits per heavy atom. The minimum atomic E-state index is -1.12. The third-order valence-corrected chi connectivity index (χ3v) is 2.35. The van der Waals surface area contributed by atoms with Crippen molar-refractivity contribution in [3.63, 3.8) is 0 Å². The normalized spacial score (nSPS) is 9.46. The highest BCUT2D eigenvalue weighted by Gasteiger charge is 2.11. The van der Waals surface area contributed by atoms with Crippen LogP contribution in [-0.2, 0) is 0 Å². The third-order valence-electron chi connectivity index (χ3n) is 1.63. The summed E-state index contributed by atoms with van der Waals surface area (Å²) in [7, 11) is 0. The van der Waals surface area contributed by atoms with Crippen LogP contribution in [0.4, 0.5) is 0 Å². The zero-order chi connectivity index (χ0) is 9.84. The maximum atomic E-state index is 11.2. The van der Waals surface area contributed by atoms with Gasteiger partial charge < -0.3 is 3.79 Å². The lowest BCUT2D eigenvalue weighted by atomic mass is 10.1. The van der Waals surface area contributed by atoms with Gasteiger partial charge in [0.25, 0.3) is 0 Å². The summed E-state index contributed by atoms with van der Waals surface area (Å²) in [4.78, 5) is 11.2. The van der Waals surface area contributed by atoms with Crippen molar-refractivity contribution in [3.05, 3.63) is 29.8 Å². The summed E-state index contributed by atoms with van der Waals surface area (Å²) in [5.41, 5.74) is 0.684. The quantitative estimate of drug-likeness (QED) is 0.543. The van der Waals surface area contributed by atoms with E-state index < -0.39 is 14.5 Å². The first kappa shape index (κ1) is 10.3. The molecule has 0 bridgehead atoms. The Kier molecular flexibility index (Phi) is 3.53. The Hall–Kier alpha value is -0.778. The Morgan fingerprint density at radius 1 is 1.31 bits per heavy atom. The molecule has 1 rings (SSSR count). The van der Waals surface area contributed by atoms with Crippen LogP contribution in [0.2, 0.25) is 11.6 Å². The molecule has 0 aliphatic heterocycles. The van der Waals surface area contributed by atoms with E-state index in [2.05, 4.69) is 11.6 Å². The molecule has 1 aromatic carbocycles. The molecule has 0 atom stereocenters. The summed E-state index contributed by atoms with van der Waals surface area (Å²) < 4.78 is 5.62. The third kappa shape index (κ3) is 2.87. The number of ketones is 1. The molecule has 0 aliphatic rings. The van der Waals surface area contributed by atoms with E-state index in [0.29, 0.717) is 5.56 Å². The molecular formula is C10H13AlO2. The molecular weight excluding hydrogens is 179 g/mol. The first-order valence-electron chi connectivity index (χ1n) is 4.38. The Bertz CT molecular complexity index is 308. The van der Waals surface area contributed by atoms with E-state index in [1.165, 1.54) is 0 Å². The summed E-state index contributed by atoms with van der Waals surface area (Å²) >= 11 is -1.12. The van der Waals surface area contributed by atoms with Gasteiger partial charge in [-0.1, -0.05) is 23.7 Å². The molecule has 68 valence electrons. The monoisotopic (exact) mass is 192 g/mol. The van der Waals surface area contributed by atoms with Crippen LogP contribution in [0.1, 0.15) is 17.3 Å². The van der Waals surface area contributed by atoms with Gasteiger partial charge in [-0.25, -0.2) is 0 Å². The second-order valence-corrected chi connectivity index (χ2v) is 5.55. The molecule has 0 N–H and O–H groups in total. The van der Waals surface area contributed by atoms with Crippen LogP contribution >= 0.6 is 0 Å². The van der Waals surface area contributed by atoms with Crippen molar-refractivity contribution in [2.24, 2.45) is 0 Å². The fraction of sp³-hybridized carbons (Fsp3) is 0.300. The first-order valence-corrected chi connectivity index (χ1v) is 7.16. The molecule has 0 heterocycles. The van der Waals surface area contributed by atoms with Gasteiger partial charge in [0.2, 0.25) is 0 Å². The number of para-hydroxylation sites is 1. The molecule has 0 spiro atoms. The minimum Gasteiger partial charge on any atom is -0.642 e. The summed E-state index contributed by atoms with van der Waals surface area (Å²) in [5, 5.41) is 0. The average molecular weight is 192 g/mol. The molecule has 0 fully saturated rings. The molecule has 0 unspecified atom stereocenters. The molecule has 0 saturated heterocycles. The van der Waals surface area contributed by atoms with Crippen LogP contribution in [0.3, 0.4) is 0 Å². The average Bonchev–Trinajstić information content (AvgIpc) is 2.03. The van der Waals surface area contributed by atoms with Crippen molar-refractivity contribution in [3.8, 4) is 5.75 Å². The van der Waals surface area contributed by atoms with Gasteiger partial charge in [0.05, 0.1) is 11.3 Å². The molecule has 0 aromatic heterocycles. The Labute approximate surface area is 83.3 Å². The molecule has 13 heavy (non-hydrogen) atoms. The van der Waals surface area contributed by atoms with Gasteiger partial charge in [0.15, 0.2) is 5.78 Å². The fourth-order valence-corrected chi connectivity index (χ4v) is 1.83. The number of rotatable bonds is 3. The second kappa shape index (κ2) is 4.46. The predicted molar refractivity (Wildman–Crippen MR) is 54.6 cm³/mol. The lowest BCUT2D eigenvalue weighted by Gasteiger charge is -2.11. The lowest BCUT2D eigenvalue weighted by molar-refractivity contribution is 0.101. The van der Waals surface area contributed by atoms with E-state index in [0.717, 1.165) is 5.75 Å².